The largest absolute Gasteiger partial charge is 0.467 e. The second-order valence-corrected chi connectivity index (χ2v) is 6.95. The van der Waals surface area contributed by atoms with Gasteiger partial charge in [-0.15, -0.1) is 0 Å². The Morgan fingerprint density at radius 1 is 1.48 bits per heavy atom. The van der Waals surface area contributed by atoms with E-state index in [0.717, 1.165) is 17.9 Å². The number of fused-ring (bicyclic) bond motifs is 4. The van der Waals surface area contributed by atoms with Crippen molar-refractivity contribution in [3.8, 4) is 5.75 Å². The zero-order valence-electron chi connectivity index (χ0n) is 12.8. The normalized spacial score (nSPS) is 30.8. The first-order valence-corrected chi connectivity index (χ1v) is 7.80. The Bertz CT molecular complexity index is 592. The summed E-state index contributed by atoms with van der Waals surface area (Å²) in [5.74, 6) is 1.14. The van der Waals surface area contributed by atoms with Crippen molar-refractivity contribution in [2.24, 2.45) is 11.8 Å². The summed E-state index contributed by atoms with van der Waals surface area (Å²) in [4.78, 5) is 2.13. The average molecular weight is 308 g/mol. The van der Waals surface area contributed by atoms with Gasteiger partial charge in [-0.3, -0.25) is 0 Å². The van der Waals surface area contributed by atoms with Gasteiger partial charge in [0, 0.05) is 18.0 Å². The predicted octanol–water partition coefficient (Wildman–Crippen LogP) is 3.46. The van der Waals surface area contributed by atoms with Crippen LogP contribution in [-0.2, 0) is 0 Å². The maximum atomic E-state index is 13.6. The lowest BCUT2D eigenvalue weighted by Crippen LogP contribution is -2.69. The first-order valence-electron chi connectivity index (χ1n) is 7.39. The van der Waals surface area contributed by atoms with Crippen molar-refractivity contribution in [3.63, 3.8) is 0 Å². The lowest BCUT2D eigenvalue weighted by atomic mass is 9.80. The molecule has 1 aromatic carbocycles. The van der Waals surface area contributed by atoms with Gasteiger partial charge in [-0.25, -0.2) is 4.39 Å². The number of benzene rings is 1. The van der Waals surface area contributed by atoms with Crippen LogP contribution in [0.25, 0.3) is 0 Å². The molecular formula is C16H21FN2OS. The molecule has 3 atom stereocenters. The van der Waals surface area contributed by atoms with Gasteiger partial charge in [-0.1, -0.05) is 20.8 Å². The molecule has 0 aliphatic carbocycles. The van der Waals surface area contributed by atoms with Gasteiger partial charge >= 0.3 is 0 Å². The summed E-state index contributed by atoms with van der Waals surface area (Å²) in [6.07, 6.45) is 0. The van der Waals surface area contributed by atoms with Crippen LogP contribution in [-0.4, -0.2) is 22.3 Å². The third-order valence-electron chi connectivity index (χ3n) is 4.58. The summed E-state index contributed by atoms with van der Waals surface area (Å²) in [7, 11) is 0. The SMILES string of the molecule is CC(C)CN1C(=S)NC2c3cc(F)ccc3OC1(C)C2C. The van der Waals surface area contributed by atoms with Gasteiger partial charge in [-0.05, 0) is 43.3 Å². The second kappa shape index (κ2) is 4.83. The van der Waals surface area contributed by atoms with E-state index in [4.69, 9.17) is 17.0 Å². The van der Waals surface area contributed by atoms with Crippen LogP contribution in [0.2, 0.25) is 0 Å². The molecule has 0 radical (unpaired) electrons. The predicted molar refractivity (Wildman–Crippen MR) is 84.6 cm³/mol. The van der Waals surface area contributed by atoms with Crippen LogP contribution in [0.15, 0.2) is 18.2 Å². The van der Waals surface area contributed by atoms with E-state index in [0.29, 0.717) is 11.0 Å². The zero-order chi connectivity index (χ0) is 15.4. The Labute approximate surface area is 130 Å². The van der Waals surface area contributed by atoms with E-state index < -0.39 is 5.72 Å². The summed E-state index contributed by atoms with van der Waals surface area (Å²) in [6.45, 7) is 9.35. The van der Waals surface area contributed by atoms with Crippen LogP contribution in [0, 0.1) is 17.7 Å². The zero-order valence-corrected chi connectivity index (χ0v) is 13.6. The molecule has 3 unspecified atom stereocenters. The smallest absolute Gasteiger partial charge is 0.186 e. The van der Waals surface area contributed by atoms with Crippen molar-refractivity contribution in [1.82, 2.24) is 10.2 Å². The van der Waals surface area contributed by atoms with Gasteiger partial charge in [0.1, 0.15) is 11.6 Å². The minimum Gasteiger partial charge on any atom is -0.467 e. The third kappa shape index (κ3) is 2.18. The summed E-state index contributed by atoms with van der Waals surface area (Å²) in [5, 5.41) is 4.06. The minimum atomic E-state index is -0.498. The molecule has 1 fully saturated rings. The fraction of sp³-hybridized carbons (Fsp3) is 0.562. The number of ether oxygens (including phenoxy) is 1. The molecular weight excluding hydrogens is 287 g/mol. The average Bonchev–Trinajstić information content (AvgIpc) is 2.40. The van der Waals surface area contributed by atoms with Crippen LogP contribution in [0.3, 0.4) is 0 Å². The Morgan fingerprint density at radius 2 is 2.19 bits per heavy atom. The van der Waals surface area contributed by atoms with Crippen LogP contribution >= 0.6 is 12.2 Å². The van der Waals surface area contributed by atoms with Crippen molar-refractivity contribution in [2.75, 3.05) is 6.54 Å². The second-order valence-electron chi connectivity index (χ2n) is 6.56. The van der Waals surface area contributed by atoms with E-state index in [2.05, 4.69) is 37.9 Å². The lowest BCUT2D eigenvalue weighted by molar-refractivity contribution is -0.113. The molecule has 2 aliphatic rings. The Balaban J connectivity index is 2.07. The highest BCUT2D eigenvalue weighted by Gasteiger charge is 2.53. The summed E-state index contributed by atoms with van der Waals surface area (Å²) >= 11 is 5.53. The Kier molecular flexibility index (Phi) is 3.35. The molecule has 0 spiro atoms. The highest BCUT2D eigenvalue weighted by molar-refractivity contribution is 7.80. The molecule has 114 valence electrons. The van der Waals surface area contributed by atoms with E-state index in [-0.39, 0.29) is 17.8 Å². The molecule has 1 aromatic rings. The molecule has 3 rings (SSSR count). The number of rotatable bonds is 2. The molecule has 2 bridgehead atoms. The van der Waals surface area contributed by atoms with E-state index >= 15 is 0 Å². The molecule has 0 amide bonds. The van der Waals surface area contributed by atoms with E-state index in [1.807, 2.05) is 0 Å². The topological polar surface area (TPSA) is 24.5 Å². The Hall–Kier alpha value is -1.36. The van der Waals surface area contributed by atoms with Gasteiger partial charge in [0.2, 0.25) is 0 Å². The molecule has 5 heteroatoms. The Morgan fingerprint density at radius 3 is 2.86 bits per heavy atom. The van der Waals surface area contributed by atoms with Gasteiger partial charge < -0.3 is 15.0 Å². The number of thiocarbonyl (C=S) groups is 1. The van der Waals surface area contributed by atoms with Crippen LogP contribution in [0.5, 0.6) is 5.75 Å². The fourth-order valence-electron chi connectivity index (χ4n) is 3.29. The number of halogens is 1. The number of hydrogen-bond acceptors (Lipinski definition) is 2. The van der Waals surface area contributed by atoms with Crippen molar-refractivity contribution in [3.05, 3.63) is 29.6 Å². The van der Waals surface area contributed by atoms with Gasteiger partial charge in [0.05, 0.1) is 6.04 Å². The number of hydrogen-bond donors (Lipinski definition) is 1. The third-order valence-corrected chi connectivity index (χ3v) is 4.91. The lowest BCUT2D eigenvalue weighted by Gasteiger charge is -2.56. The molecule has 0 saturated carbocycles. The van der Waals surface area contributed by atoms with Crippen molar-refractivity contribution >= 4 is 17.3 Å². The van der Waals surface area contributed by atoms with Gasteiger partial charge in [-0.2, -0.15) is 0 Å². The monoisotopic (exact) mass is 308 g/mol. The molecule has 2 aliphatic heterocycles. The number of nitrogens with zero attached hydrogens (tertiary/aromatic N) is 1. The molecule has 21 heavy (non-hydrogen) atoms. The van der Waals surface area contributed by atoms with E-state index in [1.165, 1.54) is 6.07 Å². The molecule has 1 N–H and O–H groups in total. The molecule has 2 heterocycles. The fourth-order valence-corrected chi connectivity index (χ4v) is 3.68. The summed E-state index contributed by atoms with van der Waals surface area (Å²) in [6, 6.07) is 4.69. The molecule has 0 aromatic heterocycles. The van der Waals surface area contributed by atoms with Crippen LogP contribution in [0.1, 0.15) is 39.3 Å². The van der Waals surface area contributed by atoms with Gasteiger partial charge in [0.25, 0.3) is 0 Å². The highest BCUT2D eigenvalue weighted by Crippen LogP contribution is 2.48. The van der Waals surface area contributed by atoms with Crippen LogP contribution < -0.4 is 10.1 Å². The minimum absolute atomic E-state index is 0.00892. The summed E-state index contributed by atoms with van der Waals surface area (Å²) in [5.41, 5.74) is 0.355. The van der Waals surface area contributed by atoms with E-state index in [9.17, 15) is 4.39 Å². The van der Waals surface area contributed by atoms with E-state index in [1.54, 1.807) is 12.1 Å². The standard InChI is InChI=1S/C16H21FN2OS/c1-9(2)8-19-15(21)18-14-10(3)16(19,4)20-13-6-5-11(17)7-12(13)14/h5-7,9-10,14H,8H2,1-4H3,(H,18,21). The van der Waals surface area contributed by atoms with Crippen molar-refractivity contribution < 1.29 is 9.13 Å². The summed E-state index contributed by atoms with van der Waals surface area (Å²) < 4.78 is 19.8. The molecule has 3 nitrogen and oxygen atoms in total. The quantitative estimate of drug-likeness (QED) is 0.846. The maximum Gasteiger partial charge on any atom is 0.186 e. The maximum absolute atomic E-state index is 13.6. The van der Waals surface area contributed by atoms with Crippen LogP contribution in [0.4, 0.5) is 4.39 Å². The molecule has 1 saturated heterocycles. The first kappa shape index (κ1) is 14.6. The highest BCUT2D eigenvalue weighted by atomic mass is 32.1. The number of nitrogens with one attached hydrogen (secondary N) is 1. The first-order chi connectivity index (χ1) is 9.83. The van der Waals surface area contributed by atoms with Crippen molar-refractivity contribution in [2.45, 2.75) is 39.5 Å². The van der Waals surface area contributed by atoms with Crippen molar-refractivity contribution in [1.29, 1.82) is 0 Å². The van der Waals surface area contributed by atoms with Gasteiger partial charge in [0.15, 0.2) is 10.8 Å².